The molecule has 2 N–H and O–H groups in total. The number of hydrogen-bond donors (Lipinski definition) is 2. The van der Waals surface area contributed by atoms with E-state index in [4.69, 9.17) is 37.7 Å². The number of hydrogen-bond acceptors (Lipinski definition) is 5. The smallest absolute Gasteiger partial charge is 0.188 e. The van der Waals surface area contributed by atoms with E-state index in [0.717, 1.165) is 16.9 Å². The van der Waals surface area contributed by atoms with Gasteiger partial charge in [-0.25, -0.2) is 4.98 Å². The van der Waals surface area contributed by atoms with E-state index in [1.807, 2.05) is 36.4 Å². The van der Waals surface area contributed by atoms with Crippen LogP contribution in [0.1, 0.15) is 24.2 Å². The van der Waals surface area contributed by atoms with Crippen LogP contribution in [0.5, 0.6) is 5.75 Å². The predicted molar refractivity (Wildman–Crippen MR) is 136 cm³/mol. The second-order valence-electron chi connectivity index (χ2n) is 7.35. The number of para-hydroxylation sites is 1. The van der Waals surface area contributed by atoms with Gasteiger partial charge in [-0.2, -0.15) is 0 Å². The standard InChI is InChI=1S/C25H24Cl2N2O3S/c1-3-33-16-10-8-15(9-11-16)18(13-30)25-28-20-12-19(26)22(23(27)24(20)29-25)17-6-4-5-7-21(17)32-14-31-2/h4-12,18,30H,3,13-14H2,1-2H3,(H,28,29). The molecule has 1 unspecified atom stereocenters. The van der Waals surface area contributed by atoms with Gasteiger partial charge in [0.2, 0.25) is 0 Å². The second-order valence-corrected chi connectivity index (χ2v) is 9.47. The minimum Gasteiger partial charge on any atom is -0.467 e. The minimum absolute atomic E-state index is 0.0913. The predicted octanol–water partition coefficient (Wildman–Crippen LogP) is 6.76. The maximum absolute atomic E-state index is 10.2. The van der Waals surface area contributed by atoms with Crippen molar-refractivity contribution in [2.45, 2.75) is 17.7 Å². The summed E-state index contributed by atoms with van der Waals surface area (Å²) >= 11 is 15.3. The first-order valence-electron chi connectivity index (χ1n) is 10.5. The first kappa shape index (κ1) is 23.9. The van der Waals surface area contributed by atoms with Crippen LogP contribution >= 0.6 is 35.0 Å². The second kappa shape index (κ2) is 10.8. The Morgan fingerprint density at radius 2 is 1.88 bits per heavy atom. The molecule has 0 aliphatic carbocycles. The highest BCUT2D eigenvalue weighted by Gasteiger charge is 2.22. The topological polar surface area (TPSA) is 67.4 Å². The van der Waals surface area contributed by atoms with Crippen LogP contribution in [0.2, 0.25) is 10.0 Å². The number of benzene rings is 3. The largest absolute Gasteiger partial charge is 0.467 e. The van der Waals surface area contributed by atoms with Gasteiger partial charge < -0.3 is 19.6 Å². The molecule has 1 atom stereocenters. The van der Waals surface area contributed by atoms with Gasteiger partial charge in [-0.05, 0) is 35.6 Å². The van der Waals surface area contributed by atoms with Gasteiger partial charge in [0, 0.05) is 23.1 Å². The third-order valence-corrected chi connectivity index (χ3v) is 6.84. The Morgan fingerprint density at radius 3 is 2.58 bits per heavy atom. The molecule has 8 heteroatoms. The number of aliphatic hydroxyl groups is 1. The minimum atomic E-state index is -0.311. The van der Waals surface area contributed by atoms with E-state index in [1.54, 1.807) is 24.9 Å². The lowest BCUT2D eigenvalue weighted by Crippen LogP contribution is -2.07. The van der Waals surface area contributed by atoms with E-state index in [-0.39, 0.29) is 19.3 Å². The van der Waals surface area contributed by atoms with Crippen molar-refractivity contribution in [2.75, 3.05) is 26.3 Å². The van der Waals surface area contributed by atoms with E-state index in [9.17, 15) is 5.11 Å². The number of ether oxygens (including phenoxy) is 2. The van der Waals surface area contributed by atoms with Gasteiger partial charge in [-0.3, -0.25) is 0 Å². The molecule has 172 valence electrons. The van der Waals surface area contributed by atoms with Crippen LogP contribution in [0.3, 0.4) is 0 Å². The Labute approximate surface area is 207 Å². The number of aromatic nitrogens is 2. The van der Waals surface area contributed by atoms with E-state index in [0.29, 0.717) is 38.2 Å². The molecule has 3 aromatic carbocycles. The lowest BCUT2D eigenvalue weighted by atomic mass is 9.99. The fourth-order valence-electron chi connectivity index (χ4n) is 3.75. The number of methoxy groups -OCH3 is 1. The summed E-state index contributed by atoms with van der Waals surface area (Å²) in [5.41, 5.74) is 3.65. The van der Waals surface area contributed by atoms with E-state index < -0.39 is 0 Å². The number of fused-ring (bicyclic) bond motifs is 1. The van der Waals surface area contributed by atoms with E-state index in [2.05, 4.69) is 24.0 Å². The summed E-state index contributed by atoms with van der Waals surface area (Å²) in [6.07, 6.45) is 0. The van der Waals surface area contributed by atoms with Crippen molar-refractivity contribution in [3.05, 3.63) is 76.0 Å². The molecule has 0 amide bonds. The molecule has 0 aliphatic heterocycles. The number of halogens is 2. The van der Waals surface area contributed by atoms with Crippen LogP contribution in [0.25, 0.3) is 22.2 Å². The monoisotopic (exact) mass is 502 g/mol. The lowest BCUT2D eigenvalue weighted by Gasteiger charge is -2.13. The lowest BCUT2D eigenvalue weighted by molar-refractivity contribution is 0.0515. The van der Waals surface area contributed by atoms with Crippen LogP contribution in [0.4, 0.5) is 0 Å². The summed E-state index contributed by atoms with van der Waals surface area (Å²) in [7, 11) is 1.56. The first-order chi connectivity index (χ1) is 16.1. The SMILES string of the molecule is CCSc1ccc(C(CO)c2nc3c(Cl)c(-c4ccccc4OCOC)c(Cl)cc3[nH]2)cc1. The maximum atomic E-state index is 10.2. The van der Waals surface area contributed by atoms with Crippen LogP contribution < -0.4 is 4.74 Å². The number of H-pyrrole nitrogens is 1. The van der Waals surface area contributed by atoms with E-state index >= 15 is 0 Å². The summed E-state index contributed by atoms with van der Waals surface area (Å²) in [5, 5.41) is 11.0. The number of aromatic amines is 1. The molecule has 0 saturated heterocycles. The number of rotatable bonds is 9. The summed E-state index contributed by atoms with van der Waals surface area (Å²) in [6.45, 7) is 2.13. The molecular formula is C25H24Cl2N2O3S. The normalized spacial score (nSPS) is 12.3. The van der Waals surface area contributed by atoms with Gasteiger partial charge in [-0.1, -0.05) is 60.5 Å². The van der Waals surface area contributed by atoms with Crippen molar-refractivity contribution >= 4 is 46.0 Å². The summed E-state index contributed by atoms with van der Waals surface area (Å²) < 4.78 is 10.7. The molecule has 1 aromatic heterocycles. The summed E-state index contributed by atoms with van der Waals surface area (Å²) in [5.74, 6) is 1.93. The molecule has 33 heavy (non-hydrogen) atoms. The number of nitrogens with zero attached hydrogens (tertiary/aromatic N) is 1. The van der Waals surface area contributed by atoms with Crippen molar-refractivity contribution in [3.63, 3.8) is 0 Å². The fourth-order valence-corrected chi connectivity index (χ4v) is 5.11. The third kappa shape index (κ3) is 5.00. The molecule has 5 nitrogen and oxygen atoms in total. The Kier molecular flexibility index (Phi) is 7.83. The number of thioether (sulfide) groups is 1. The molecule has 0 radical (unpaired) electrons. The van der Waals surface area contributed by atoms with Crippen LogP contribution in [-0.4, -0.2) is 41.3 Å². The van der Waals surface area contributed by atoms with Gasteiger partial charge in [0.25, 0.3) is 0 Å². The zero-order chi connectivity index (χ0) is 23.4. The highest BCUT2D eigenvalue weighted by Crippen LogP contribution is 2.43. The van der Waals surface area contributed by atoms with E-state index in [1.165, 1.54) is 4.90 Å². The Hall–Kier alpha value is -2.22. The summed E-state index contributed by atoms with van der Waals surface area (Å²) in [4.78, 5) is 9.25. The van der Waals surface area contributed by atoms with Gasteiger partial charge in [0.1, 0.15) is 17.1 Å². The highest BCUT2D eigenvalue weighted by atomic mass is 35.5. The highest BCUT2D eigenvalue weighted by molar-refractivity contribution is 7.99. The van der Waals surface area contributed by atoms with Gasteiger partial charge in [0.05, 0.1) is 28.1 Å². The molecule has 0 bridgehead atoms. The average molecular weight is 503 g/mol. The van der Waals surface area contributed by atoms with Crippen molar-refractivity contribution in [1.29, 1.82) is 0 Å². The Bertz CT molecular complexity index is 1240. The molecular weight excluding hydrogens is 479 g/mol. The van der Waals surface area contributed by atoms with Crippen molar-refractivity contribution in [3.8, 4) is 16.9 Å². The Morgan fingerprint density at radius 1 is 1.12 bits per heavy atom. The fraction of sp³-hybridized carbons (Fsp3) is 0.240. The van der Waals surface area contributed by atoms with Gasteiger partial charge in [-0.15, -0.1) is 11.8 Å². The number of aliphatic hydroxyl groups excluding tert-OH is 1. The van der Waals surface area contributed by atoms with Gasteiger partial charge in [0.15, 0.2) is 6.79 Å². The maximum Gasteiger partial charge on any atom is 0.188 e. The molecule has 4 aromatic rings. The van der Waals surface area contributed by atoms with Crippen LogP contribution in [-0.2, 0) is 4.74 Å². The van der Waals surface area contributed by atoms with Crippen molar-refractivity contribution in [1.82, 2.24) is 9.97 Å². The zero-order valence-corrected chi connectivity index (χ0v) is 20.6. The van der Waals surface area contributed by atoms with Crippen LogP contribution in [0, 0.1) is 0 Å². The number of nitrogens with one attached hydrogen (secondary N) is 1. The van der Waals surface area contributed by atoms with Gasteiger partial charge >= 0.3 is 0 Å². The molecule has 0 saturated carbocycles. The van der Waals surface area contributed by atoms with Crippen molar-refractivity contribution < 1.29 is 14.6 Å². The third-order valence-electron chi connectivity index (χ3n) is 5.28. The first-order valence-corrected chi connectivity index (χ1v) is 12.2. The summed E-state index contributed by atoms with van der Waals surface area (Å²) in [6, 6.07) is 17.5. The number of imidazole rings is 1. The quantitative estimate of drug-likeness (QED) is 0.195. The molecule has 0 aliphatic rings. The molecule has 0 fully saturated rings. The van der Waals surface area contributed by atoms with Crippen molar-refractivity contribution in [2.24, 2.45) is 0 Å². The molecule has 4 rings (SSSR count). The average Bonchev–Trinajstić information content (AvgIpc) is 3.24. The van der Waals surface area contributed by atoms with Crippen LogP contribution in [0.15, 0.2) is 59.5 Å². The Balaban J connectivity index is 1.77. The zero-order valence-electron chi connectivity index (χ0n) is 18.3. The molecule has 0 spiro atoms. The molecule has 1 heterocycles.